The summed E-state index contributed by atoms with van der Waals surface area (Å²) in [6.07, 6.45) is 0. The van der Waals surface area contributed by atoms with E-state index in [0.717, 1.165) is 17.8 Å². The van der Waals surface area contributed by atoms with Gasteiger partial charge in [0.25, 0.3) is 0 Å². The smallest absolute Gasteiger partial charge is 0.196 e. The molecule has 0 spiro atoms. The lowest BCUT2D eigenvalue weighted by Gasteiger charge is -2.26. The molecule has 1 heterocycles. The number of ether oxygens (including phenoxy) is 1. The van der Waals surface area contributed by atoms with Gasteiger partial charge in [-0.25, -0.2) is 0 Å². The van der Waals surface area contributed by atoms with E-state index in [9.17, 15) is 0 Å². The first-order valence-corrected chi connectivity index (χ1v) is 6.68. The fraction of sp³-hybridized carbons (Fsp3) is 0.500. The van der Waals surface area contributed by atoms with Gasteiger partial charge in [-0.1, -0.05) is 32.4 Å². The molecule has 2 rings (SSSR count). The number of hydrogen-bond acceptors (Lipinski definition) is 4. The number of rotatable bonds is 2. The summed E-state index contributed by atoms with van der Waals surface area (Å²) in [5, 5.41) is 0.602. The van der Waals surface area contributed by atoms with Crippen LogP contribution < -0.4 is 15.4 Å². The van der Waals surface area contributed by atoms with Crippen LogP contribution in [-0.2, 0) is 5.41 Å². The summed E-state index contributed by atoms with van der Waals surface area (Å²) in [5.41, 5.74) is 7.97. The molecule has 0 amide bonds. The van der Waals surface area contributed by atoms with E-state index in [2.05, 4.69) is 31.8 Å². The van der Waals surface area contributed by atoms with E-state index >= 15 is 0 Å². The zero-order chi connectivity index (χ0) is 14.2. The number of hydrogen-bond donors (Lipinski definition) is 1. The van der Waals surface area contributed by atoms with Crippen molar-refractivity contribution < 1.29 is 4.74 Å². The van der Waals surface area contributed by atoms with Crippen LogP contribution in [0.3, 0.4) is 0 Å². The molecule has 2 N–H and O–H groups in total. The number of nitrogens with zero attached hydrogens (tertiary/aromatic N) is 2. The Balaban J connectivity index is 2.57. The van der Waals surface area contributed by atoms with Crippen LogP contribution in [0.5, 0.6) is 5.75 Å². The molecule has 0 bridgehead atoms. The molecule has 0 radical (unpaired) electrons. The topological polar surface area (TPSA) is 50.8 Å². The Bertz CT molecular complexity index is 520. The zero-order valence-corrected chi connectivity index (χ0v) is 12.6. The maximum Gasteiger partial charge on any atom is 0.196 e. The normalized spacial score (nSPS) is 15.6. The zero-order valence-electron chi connectivity index (χ0n) is 11.8. The third kappa shape index (κ3) is 2.63. The molecule has 1 aliphatic rings. The summed E-state index contributed by atoms with van der Waals surface area (Å²) in [6.45, 7) is 7.90. The minimum absolute atomic E-state index is 0.0102. The average Bonchev–Trinajstić information content (AvgIpc) is 2.73. The molecule has 0 saturated carbocycles. The highest BCUT2D eigenvalue weighted by Crippen LogP contribution is 2.40. The van der Waals surface area contributed by atoms with Gasteiger partial charge in [-0.05, 0) is 23.1 Å². The van der Waals surface area contributed by atoms with Crippen molar-refractivity contribution in [3.63, 3.8) is 0 Å². The Morgan fingerprint density at radius 2 is 2.05 bits per heavy atom. The number of benzene rings is 1. The average molecular weight is 282 g/mol. The van der Waals surface area contributed by atoms with Gasteiger partial charge in [0.1, 0.15) is 0 Å². The van der Waals surface area contributed by atoms with Crippen molar-refractivity contribution in [2.75, 3.05) is 25.1 Å². The fourth-order valence-corrected chi connectivity index (χ4v) is 2.41. The van der Waals surface area contributed by atoms with Crippen molar-refractivity contribution in [1.82, 2.24) is 0 Å². The third-order valence-corrected chi connectivity index (χ3v) is 3.54. The van der Waals surface area contributed by atoms with Crippen molar-refractivity contribution in [2.24, 2.45) is 10.7 Å². The van der Waals surface area contributed by atoms with Crippen LogP contribution >= 0.6 is 11.6 Å². The van der Waals surface area contributed by atoms with E-state index in [1.54, 1.807) is 7.11 Å². The first kappa shape index (κ1) is 14.0. The summed E-state index contributed by atoms with van der Waals surface area (Å²) in [6, 6.07) is 4.03. The Hall–Kier alpha value is -1.42. The first-order valence-electron chi connectivity index (χ1n) is 6.30. The van der Waals surface area contributed by atoms with Gasteiger partial charge >= 0.3 is 0 Å². The second kappa shape index (κ2) is 4.93. The van der Waals surface area contributed by atoms with Gasteiger partial charge in [-0.3, -0.25) is 4.99 Å². The monoisotopic (exact) mass is 281 g/mol. The molecule has 0 saturated heterocycles. The maximum absolute atomic E-state index is 6.33. The molecule has 1 aromatic carbocycles. The van der Waals surface area contributed by atoms with Crippen LogP contribution in [0, 0.1) is 0 Å². The number of nitrogens with two attached hydrogens (primary N) is 1. The standard InChI is InChI=1S/C14H20ClN3O/c1-14(2,3)9-7-10(15)12(19-4)11(8-9)18-6-5-17-13(18)16/h7-8H,5-6H2,1-4H3,(H2,16,17). The summed E-state index contributed by atoms with van der Waals surface area (Å²) in [4.78, 5) is 6.16. The molecular weight excluding hydrogens is 262 g/mol. The van der Waals surface area contributed by atoms with Crippen molar-refractivity contribution in [2.45, 2.75) is 26.2 Å². The van der Waals surface area contributed by atoms with E-state index in [0.29, 0.717) is 23.3 Å². The summed E-state index contributed by atoms with van der Waals surface area (Å²) in [7, 11) is 1.62. The van der Waals surface area contributed by atoms with Crippen molar-refractivity contribution >= 4 is 23.2 Å². The van der Waals surface area contributed by atoms with Gasteiger partial charge in [-0.2, -0.15) is 0 Å². The van der Waals surface area contributed by atoms with Crippen molar-refractivity contribution in [1.29, 1.82) is 0 Å². The number of anilines is 1. The molecule has 5 heteroatoms. The lowest BCUT2D eigenvalue weighted by Crippen LogP contribution is -2.34. The van der Waals surface area contributed by atoms with Gasteiger partial charge in [0.15, 0.2) is 11.7 Å². The number of aliphatic imine (C=N–C) groups is 1. The van der Waals surface area contributed by atoms with Gasteiger partial charge in [0.05, 0.1) is 24.4 Å². The first-order chi connectivity index (χ1) is 8.84. The quantitative estimate of drug-likeness (QED) is 0.907. The highest BCUT2D eigenvalue weighted by molar-refractivity contribution is 6.32. The molecule has 0 aliphatic carbocycles. The molecule has 1 aromatic rings. The largest absolute Gasteiger partial charge is 0.493 e. The number of halogens is 1. The highest BCUT2D eigenvalue weighted by atomic mass is 35.5. The summed E-state index contributed by atoms with van der Waals surface area (Å²) < 4.78 is 5.42. The SMILES string of the molecule is COc1c(Cl)cc(C(C)(C)C)cc1N1CCN=C1N. The van der Waals surface area contributed by atoms with E-state index in [1.807, 2.05) is 11.0 Å². The Morgan fingerprint density at radius 3 is 2.53 bits per heavy atom. The molecule has 0 aromatic heterocycles. The molecule has 4 nitrogen and oxygen atoms in total. The van der Waals surface area contributed by atoms with Gasteiger partial charge in [-0.15, -0.1) is 0 Å². The van der Waals surface area contributed by atoms with Crippen molar-refractivity contribution in [3.8, 4) is 5.75 Å². The number of methoxy groups -OCH3 is 1. The summed E-state index contributed by atoms with van der Waals surface area (Å²) >= 11 is 6.33. The van der Waals surface area contributed by atoms with Crippen LogP contribution in [0.1, 0.15) is 26.3 Å². The minimum atomic E-state index is 0.0102. The Morgan fingerprint density at radius 1 is 1.37 bits per heavy atom. The molecule has 104 valence electrons. The molecule has 0 atom stereocenters. The molecular formula is C14H20ClN3O. The van der Waals surface area contributed by atoms with E-state index in [-0.39, 0.29) is 5.41 Å². The van der Waals surface area contributed by atoms with Gasteiger partial charge in [0.2, 0.25) is 0 Å². The second-order valence-corrected chi connectivity index (χ2v) is 6.06. The fourth-order valence-electron chi connectivity index (χ4n) is 2.12. The second-order valence-electron chi connectivity index (χ2n) is 5.65. The Kier molecular flexibility index (Phi) is 3.63. The van der Waals surface area contributed by atoms with E-state index < -0.39 is 0 Å². The molecule has 19 heavy (non-hydrogen) atoms. The third-order valence-electron chi connectivity index (χ3n) is 3.26. The van der Waals surface area contributed by atoms with Crippen LogP contribution in [-0.4, -0.2) is 26.2 Å². The van der Waals surface area contributed by atoms with Crippen LogP contribution in [0.15, 0.2) is 17.1 Å². The Labute approximate surface area is 119 Å². The maximum atomic E-state index is 6.33. The molecule has 1 aliphatic heterocycles. The van der Waals surface area contributed by atoms with Crippen LogP contribution in [0.4, 0.5) is 5.69 Å². The van der Waals surface area contributed by atoms with E-state index in [4.69, 9.17) is 22.1 Å². The lowest BCUT2D eigenvalue weighted by molar-refractivity contribution is 0.415. The lowest BCUT2D eigenvalue weighted by atomic mass is 9.86. The van der Waals surface area contributed by atoms with E-state index in [1.165, 1.54) is 0 Å². The number of guanidine groups is 1. The summed E-state index contributed by atoms with van der Waals surface area (Å²) in [5.74, 6) is 1.16. The predicted octanol–water partition coefficient (Wildman–Crippen LogP) is 2.78. The molecule has 0 fully saturated rings. The van der Waals surface area contributed by atoms with Crippen molar-refractivity contribution in [3.05, 3.63) is 22.7 Å². The highest BCUT2D eigenvalue weighted by Gasteiger charge is 2.24. The minimum Gasteiger partial charge on any atom is -0.493 e. The predicted molar refractivity (Wildman–Crippen MR) is 80.5 cm³/mol. The molecule has 0 unspecified atom stereocenters. The van der Waals surface area contributed by atoms with Gasteiger partial charge in [0, 0.05) is 6.54 Å². The van der Waals surface area contributed by atoms with Crippen LogP contribution in [0.2, 0.25) is 5.02 Å². The van der Waals surface area contributed by atoms with Crippen LogP contribution in [0.25, 0.3) is 0 Å². The van der Waals surface area contributed by atoms with Gasteiger partial charge < -0.3 is 15.4 Å².